The maximum atomic E-state index is 14.0. The summed E-state index contributed by atoms with van der Waals surface area (Å²) >= 11 is 1.55. The van der Waals surface area contributed by atoms with Crippen molar-refractivity contribution in [3.05, 3.63) is 81.2 Å². The highest BCUT2D eigenvalue weighted by atomic mass is 32.2. The Bertz CT molecular complexity index is 2430. The number of aromatic hydroxyl groups is 1. The first-order chi connectivity index (χ1) is 29.2. The van der Waals surface area contributed by atoms with Gasteiger partial charge in [-0.1, -0.05) is 23.9 Å². The maximum Gasteiger partial charge on any atom is 0.343 e. The van der Waals surface area contributed by atoms with Gasteiger partial charge >= 0.3 is 5.97 Å². The molecule has 6 heterocycles. The number of phenolic OH excluding ortho intramolecular Hbond substituents is 1. The zero-order valence-corrected chi connectivity index (χ0v) is 38.2. The molecule has 0 radical (unpaired) electrons. The lowest BCUT2D eigenvalue weighted by Crippen LogP contribution is -2.55. The first-order valence-corrected chi connectivity index (χ1v) is 27.4. The van der Waals surface area contributed by atoms with Crippen LogP contribution < -0.4 is 10.7 Å². The van der Waals surface area contributed by atoms with Crippen molar-refractivity contribution < 1.29 is 42.8 Å². The van der Waals surface area contributed by atoms with Gasteiger partial charge in [-0.15, -0.1) is 5.10 Å². The highest BCUT2D eigenvalue weighted by Crippen LogP contribution is 2.39. The van der Waals surface area contributed by atoms with Crippen molar-refractivity contribution in [2.45, 2.75) is 83.5 Å². The van der Waals surface area contributed by atoms with Gasteiger partial charge in [0.05, 0.1) is 88.0 Å². The number of rotatable bonds is 21. The van der Waals surface area contributed by atoms with Crippen LogP contribution in [0.2, 0.25) is 26.2 Å². The van der Waals surface area contributed by atoms with E-state index in [4.69, 9.17) is 32.8 Å². The number of carbonyl (C=O) groups is 1. The number of nitrogens with zero attached hydrogens (tertiary/aromatic N) is 7. The number of phenols is 1. The summed E-state index contributed by atoms with van der Waals surface area (Å²) in [6, 6.07) is 6.78. The predicted octanol–water partition coefficient (Wildman–Crippen LogP) is 3.77. The summed E-state index contributed by atoms with van der Waals surface area (Å²) in [5, 5.41) is 33.5. The van der Waals surface area contributed by atoms with Crippen molar-refractivity contribution in [2.75, 3.05) is 51.6 Å². The first kappa shape index (κ1) is 44.7. The summed E-state index contributed by atoms with van der Waals surface area (Å²) in [4.78, 5) is 41.0. The van der Waals surface area contributed by atoms with Crippen LogP contribution in [0.5, 0.6) is 5.75 Å². The fraction of sp³-hybridized carbons (Fsp3) is 0.488. The van der Waals surface area contributed by atoms with Gasteiger partial charge in [-0.2, -0.15) is 0 Å². The molecule has 4 aromatic heterocycles. The van der Waals surface area contributed by atoms with Crippen molar-refractivity contribution >= 4 is 50.5 Å². The van der Waals surface area contributed by atoms with E-state index in [1.54, 1.807) is 64.6 Å². The summed E-state index contributed by atoms with van der Waals surface area (Å²) < 4.78 is 37.7. The second kappa shape index (κ2) is 18.9. The molecule has 2 aliphatic heterocycles. The number of aromatic nitrogens is 7. The van der Waals surface area contributed by atoms with Crippen molar-refractivity contribution in [3.63, 3.8) is 0 Å². The lowest BCUT2D eigenvalue weighted by atomic mass is 9.86. The fourth-order valence-electron chi connectivity index (χ4n) is 7.81. The molecule has 0 bridgehead atoms. The van der Waals surface area contributed by atoms with Crippen molar-refractivity contribution in [3.8, 4) is 17.1 Å². The molecule has 61 heavy (non-hydrogen) atoms. The number of hydrogen-bond acceptors (Lipinski definition) is 16. The second-order valence-corrected chi connectivity index (χ2v) is 25.7. The summed E-state index contributed by atoms with van der Waals surface area (Å²) in [5.74, 6) is -0.670. The summed E-state index contributed by atoms with van der Waals surface area (Å²) in [5.41, 5.74) is 2.44. The van der Waals surface area contributed by atoms with Gasteiger partial charge in [0.2, 0.25) is 8.32 Å². The summed E-state index contributed by atoms with van der Waals surface area (Å²) in [6.07, 6.45) is 5.47. The van der Waals surface area contributed by atoms with Gasteiger partial charge in [0, 0.05) is 46.5 Å². The van der Waals surface area contributed by atoms with Crippen molar-refractivity contribution in [1.29, 1.82) is 0 Å². The zero-order chi connectivity index (χ0) is 43.4. The molecule has 0 saturated carbocycles. The Labute approximate surface area is 360 Å². The van der Waals surface area contributed by atoms with E-state index in [2.05, 4.69) is 46.5 Å². The van der Waals surface area contributed by atoms with E-state index in [0.29, 0.717) is 92.5 Å². The Morgan fingerprint density at radius 2 is 1.64 bits per heavy atom. The smallest absolute Gasteiger partial charge is 0.343 e. The van der Waals surface area contributed by atoms with E-state index in [1.165, 1.54) is 0 Å². The van der Waals surface area contributed by atoms with Gasteiger partial charge < -0.3 is 42.6 Å². The van der Waals surface area contributed by atoms with Crippen molar-refractivity contribution in [2.24, 2.45) is 0 Å². The number of aliphatic hydroxyl groups is 1. The number of fused-ring (bicyclic) bond motifs is 5. The van der Waals surface area contributed by atoms with Crippen molar-refractivity contribution in [1.82, 2.24) is 34.5 Å². The molecule has 0 amide bonds. The lowest BCUT2D eigenvalue weighted by Gasteiger charge is -2.35. The van der Waals surface area contributed by atoms with E-state index in [1.807, 2.05) is 13.1 Å². The largest absolute Gasteiger partial charge is 0.508 e. The first-order valence-electron chi connectivity index (χ1n) is 20.4. The molecule has 0 saturated heterocycles. The third-order valence-electron chi connectivity index (χ3n) is 10.5. The summed E-state index contributed by atoms with van der Waals surface area (Å²) in [6.45, 7) is 16.8. The minimum Gasteiger partial charge on any atom is -0.508 e. The molecule has 17 nitrogen and oxygen atoms in total. The molecule has 0 spiro atoms. The number of esters is 1. The Kier molecular flexibility index (Phi) is 13.9. The molecule has 0 aliphatic carbocycles. The normalized spacial score (nSPS) is 16.1. The maximum absolute atomic E-state index is 14.0. The lowest BCUT2D eigenvalue weighted by molar-refractivity contribution is -0.172. The quantitative estimate of drug-likeness (QED) is 0.0347. The predicted molar refractivity (Wildman–Crippen MR) is 232 cm³/mol. The Morgan fingerprint density at radius 3 is 2.34 bits per heavy atom. The van der Waals surface area contributed by atoms with Gasteiger partial charge in [-0.05, 0) is 69.0 Å². The minimum atomic E-state index is -2.83. The third kappa shape index (κ3) is 9.97. The number of pyridine rings is 2. The Morgan fingerprint density at radius 1 is 0.934 bits per heavy atom. The van der Waals surface area contributed by atoms with Crippen LogP contribution in [0.1, 0.15) is 48.2 Å². The van der Waals surface area contributed by atoms with Crippen LogP contribution in [0.3, 0.4) is 0 Å². The van der Waals surface area contributed by atoms with Crippen LogP contribution in [0.4, 0.5) is 0 Å². The molecule has 0 unspecified atom stereocenters. The molecule has 2 aliphatic rings. The number of hydrogen-bond donors (Lipinski definition) is 2. The number of ether oxygens (including phenoxy) is 5. The summed E-state index contributed by atoms with van der Waals surface area (Å²) in [7, 11) is -5.26. The van der Waals surface area contributed by atoms with E-state index >= 15 is 0 Å². The van der Waals surface area contributed by atoms with Gasteiger partial charge in [0.1, 0.15) is 18.1 Å². The molecule has 5 aromatic rings. The Hall–Kier alpha value is -4.39. The number of carbonyl (C=O) groups excluding carboxylic acids is 1. The molecular weight excluding hydrogens is 839 g/mol. The molecule has 7 rings (SSSR count). The highest BCUT2D eigenvalue weighted by molar-refractivity contribution is 8.00. The van der Waals surface area contributed by atoms with E-state index in [-0.39, 0.29) is 42.0 Å². The van der Waals surface area contributed by atoms with Crippen LogP contribution in [0.15, 0.2) is 52.8 Å². The van der Waals surface area contributed by atoms with Gasteiger partial charge in [-0.25, -0.2) is 24.4 Å². The standard InChI is InChI=1S/C41H53N7O10SSi2/c1-7-41(52)33-18-35-36-31(23-48(35)38(50)32(33)25-57-39(41)51)37(30-17-29(49)9-10-34(30)44-36)61(5,6)58-60(3,4)26-59-40-42-19-27(20-43-40)21-47-22-28(45-46-47)24-56-16-15-55-14-13-54-12-11-53-8-2/h9-10,17-20,22,49,52H,7-8,11-16,21,23-26H2,1-6H3/t41-/m0/s1. The van der Waals surface area contributed by atoms with Crippen LogP contribution in [0, 0.1) is 0 Å². The van der Waals surface area contributed by atoms with E-state index in [9.17, 15) is 19.8 Å². The molecule has 20 heteroatoms. The van der Waals surface area contributed by atoms with Crippen LogP contribution in [-0.4, -0.2) is 119 Å². The molecule has 326 valence electrons. The molecule has 1 atom stereocenters. The fourth-order valence-corrected chi connectivity index (χ4v) is 18.4. The zero-order valence-electron chi connectivity index (χ0n) is 35.4. The van der Waals surface area contributed by atoms with Crippen LogP contribution in [-0.2, 0) is 64.5 Å². The molecular formula is C41H53N7O10SSi2. The van der Waals surface area contributed by atoms with E-state index in [0.717, 1.165) is 21.7 Å². The molecule has 2 N–H and O–H groups in total. The van der Waals surface area contributed by atoms with Gasteiger partial charge in [-0.3, -0.25) is 4.79 Å². The molecule has 1 aromatic carbocycles. The average Bonchev–Trinajstić information content (AvgIpc) is 3.83. The number of cyclic esters (lactones) is 1. The third-order valence-corrected chi connectivity index (χ3v) is 20.4. The SMILES string of the molecule is CCOCCOCCOCCOCc1cn(Cc2cnc(SC[Si](C)(C)O[Si](C)(C)c3c4c(nc5ccc(O)cc35)-c3cc5c(c(=O)n3C4)COC(=O)[C@]5(O)CC)nc2)nn1. The van der Waals surface area contributed by atoms with Gasteiger partial charge in [0.15, 0.2) is 19.1 Å². The number of thioether (sulfide) groups is 1. The highest BCUT2D eigenvalue weighted by Gasteiger charge is 2.46. The van der Waals surface area contributed by atoms with Crippen LogP contribution >= 0.6 is 11.8 Å². The van der Waals surface area contributed by atoms with Gasteiger partial charge in [0.25, 0.3) is 5.56 Å². The Balaban J connectivity index is 0.980. The number of benzene rings is 1. The van der Waals surface area contributed by atoms with E-state index < -0.39 is 28.2 Å². The van der Waals surface area contributed by atoms with Crippen LogP contribution in [0.25, 0.3) is 22.3 Å². The monoisotopic (exact) mass is 891 g/mol. The topological polar surface area (TPSA) is 204 Å². The average molecular weight is 892 g/mol. The second-order valence-electron chi connectivity index (χ2n) is 16.0. The molecule has 0 fully saturated rings. The minimum absolute atomic E-state index is 0.0527.